The van der Waals surface area contributed by atoms with Gasteiger partial charge in [0.25, 0.3) is 0 Å². The summed E-state index contributed by atoms with van der Waals surface area (Å²) >= 11 is 4.16. The highest BCUT2D eigenvalue weighted by Gasteiger charge is 2.03. The SMILES string of the molecule is COc1ccc(CNCCCS)cc1OC. The molecule has 0 unspecified atom stereocenters. The molecule has 0 saturated carbocycles. The van der Waals surface area contributed by atoms with Gasteiger partial charge in [-0.15, -0.1) is 0 Å². The lowest BCUT2D eigenvalue weighted by Gasteiger charge is -2.10. The number of ether oxygens (including phenoxy) is 2. The van der Waals surface area contributed by atoms with E-state index in [1.54, 1.807) is 14.2 Å². The van der Waals surface area contributed by atoms with E-state index in [0.29, 0.717) is 0 Å². The maximum atomic E-state index is 5.24. The molecule has 90 valence electrons. The summed E-state index contributed by atoms with van der Waals surface area (Å²) in [5.41, 5.74) is 1.19. The van der Waals surface area contributed by atoms with E-state index in [0.717, 1.165) is 36.8 Å². The molecule has 1 rings (SSSR count). The third kappa shape index (κ3) is 3.94. The Bertz CT molecular complexity index is 318. The molecule has 0 aliphatic rings. The highest BCUT2D eigenvalue weighted by atomic mass is 32.1. The zero-order valence-electron chi connectivity index (χ0n) is 9.82. The second-order valence-electron chi connectivity index (χ2n) is 3.44. The zero-order valence-corrected chi connectivity index (χ0v) is 10.7. The number of methoxy groups -OCH3 is 2. The van der Waals surface area contributed by atoms with Crippen molar-refractivity contribution < 1.29 is 9.47 Å². The van der Waals surface area contributed by atoms with Crippen molar-refractivity contribution in [3.63, 3.8) is 0 Å². The molecule has 3 nitrogen and oxygen atoms in total. The standard InChI is InChI=1S/C12H19NO2S/c1-14-11-5-4-10(8-12(11)15-2)9-13-6-3-7-16/h4-5,8,13,16H,3,6-7,9H2,1-2H3. The summed E-state index contributed by atoms with van der Waals surface area (Å²) < 4.78 is 10.4. The Morgan fingerprint density at radius 1 is 1.19 bits per heavy atom. The molecule has 0 aliphatic heterocycles. The Balaban J connectivity index is 2.54. The molecule has 0 saturated heterocycles. The second kappa shape index (κ2) is 7.41. The predicted octanol–water partition coefficient (Wildman–Crippen LogP) is 2.11. The van der Waals surface area contributed by atoms with E-state index >= 15 is 0 Å². The van der Waals surface area contributed by atoms with Gasteiger partial charge in [-0.2, -0.15) is 12.6 Å². The van der Waals surface area contributed by atoms with E-state index in [-0.39, 0.29) is 0 Å². The van der Waals surface area contributed by atoms with E-state index in [9.17, 15) is 0 Å². The number of hydrogen-bond acceptors (Lipinski definition) is 4. The second-order valence-corrected chi connectivity index (χ2v) is 3.89. The van der Waals surface area contributed by atoms with Gasteiger partial charge in [0, 0.05) is 6.54 Å². The first-order chi connectivity index (χ1) is 7.81. The van der Waals surface area contributed by atoms with Crippen molar-refractivity contribution in [2.24, 2.45) is 0 Å². The van der Waals surface area contributed by atoms with Gasteiger partial charge in [-0.3, -0.25) is 0 Å². The zero-order chi connectivity index (χ0) is 11.8. The maximum absolute atomic E-state index is 5.24. The third-order valence-electron chi connectivity index (χ3n) is 2.29. The summed E-state index contributed by atoms with van der Waals surface area (Å²) in [4.78, 5) is 0. The molecule has 0 fully saturated rings. The molecule has 4 heteroatoms. The highest BCUT2D eigenvalue weighted by Crippen LogP contribution is 2.27. The molecule has 0 atom stereocenters. The van der Waals surface area contributed by atoms with Crippen LogP contribution in [0.5, 0.6) is 11.5 Å². The largest absolute Gasteiger partial charge is 0.493 e. The van der Waals surface area contributed by atoms with Gasteiger partial charge < -0.3 is 14.8 Å². The molecular weight excluding hydrogens is 222 g/mol. The molecule has 1 aromatic carbocycles. The van der Waals surface area contributed by atoms with Gasteiger partial charge in [0.05, 0.1) is 14.2 Å². The fourth-order valence-electron chi connectivity index (χ4n) is 1.43. The summed E-state index contributed by atoms with van der Waals surface area (Å²) in [6, 6.07) is 5.95. The molecule has 1 N–H and O–H groups in total. The number of benzene rings is 1. The maximum Gasteiger partial charge on any atom is 0.161 e. The minimum absolute atomic E-state index is 0.765. The van der Waals surface area contributed by atoms with Gasteiger partial charge in [-0.05, 0) is 36.4 Å². The Labute approximate surface area is 103 Å². The summed E-state index contributed by atoms with van der Waals surface area (Å²) in [5.74, 6) is 2.46. The first-order valence-electron chi connectivity index (χ1n) is 5.34. The molecule has 0 bridgehead atoms. The minimum atomic E-state index is 0.765. The average Bonchev–Trinajstić information content (AvgIpc) is 2.34. The fraction of sp³-hybridized carbons (Fsp3) is 0.500. The van der Waals surface area contributed by atoms with Crippen LogP contribution in [0.1, 0.15) is 12.0 Å². The number of thiol groups is 1. The van der Waals surface area contributed by atoms with Crippen LogP contribution in [0.2, 0.25) is 0 Å². The van der Waals surface area contributed by atoms with Crippen LogP contribution in [0, 0.1) is 0 Å². The van der Waals surface area contributed by atoms with E-state index in [1.165, 1.54) is 5.56 Å². The van der Waals surface area contributed by atoms with E-state index in [2.05, 4.69) is 17.9 Å². The predicted molar refractivity (Wildman–Crippen MR) is 69.7 cm³/mol. The monoisotopic (exact) mass is 241 g/mol. The lowest BCUT2D eigenvalue weighted by Crippen LogP contribution is -2.15. The van der Waals surface area contributed by atoms with Crippen LogP contribution >= 0.6 is 12.6 Å². The molecule has 1 aromatic rings. The van der Waals surface area contributed by atoms with Gasteiger partial charge in [-0.25, -0.2) is 0 Å². The van der Waals surface area contributed by atoms with Crippen molar-refractivity contribution in [1.82, 2.24) is 5.32 Å². The first kappa shape index (κ1) is 13.2. The van der Waals surface area contributed by atoms with Crippen LogP contribution in [0.15, 0.2) is 18.2 Å². The number of nitrogens with one attached hydrogen (secondary N) is 1. The van der Waals surface area contributed by atoms with Crippen LogP contribution in [0.3, 0.4) is 0 Å². The van der Waals surface area contributed by atoms with Crippen LogP contribution in [-0.4, -0.2) is 26.5 Å². The fourth-order valence-corrected chi connectivity index (χ4v) is 1.59. The van der Waals surface area contributed by atoms with Crippen molar-refractivity contribution >= 4 is 12.6 Å². The van der Waals surface area contributed by atoms with Crippen LogP contribution in [0.4, 0.5) is 0 Å². The van der Waals surface area contributed by atoms with Gasteiger partial charge >= 0.3 is 0 Å². The molecule has 16 heavy (non-hydrogen) atoms. The number of hydrogen-bond donors (Lipinski definition) is 2. The van der Waals surface area contributed by atoms with Crippen molar-refractivity contribution in [2.75, 3.05) is 26.5 Å². The Morgan fingerprint density at radius 3 is 2.56 bits per heavy atom. The quantitative estimate of drug-likeness (QED) is 0.566. The lowest BCUT2D eigenvalue weighted by atomic mass is 10.2. The molecule has 0 spiro atoms. The minimum Gasteiger partial charge on any atom is -0.493 e. The lowest BCUT2D eigenvalue weighted by molar-refractivity contribution is 0.354. The summed E-state index contributed by atoms with van der Waals surface area (Å²) in [6.07, 6.45) is 1.08. The molecule has 0 heterocycles. The van der Waals surface area contributed by atoms with Crippen LogP contribution < -0.4 is 14.8 Å². The van der Waals surface area contributed by atoms with Crippen molar-refractivity contribution in [2.45, 2.75) is 13.0 Å². The van der Waals surface area contributed by atoms with Crippen LogP contribution in [-0.2, 0) is 6.54 Å². The van der Waals surface area contributed by atoms with Gasteiger partial charge in [0.15, 0.2) is 11.5 Å². The van der Waals surface area contributed by atoms with E-state index in [1.807, 2.05) is 18.2 Å². The average molecular weight is 241 g/mol. The van der Waals surface area contributed by atoms with Gasteiger partial charge in [-0.1, -0.05) is 6.07 Å². The summed E-state index contributed by atoms with van der Waals surface area (Å²) in [5, 5.41) is 3.35. The van der Waals surface area contributed by atoms with Crippen molar-refractivity contribution in [3.05, 3.63) is 23.8 Å². The molecule has 0 radical (unpaired) electrons. The van der Waals surface area contributed by atoms with Gasteiger partial charge in [0.1, 0.15) is 0 Å². The van der Waals surface area contributed by atoms with E-state index < -0.39 is 0 Å². The van der Waals surface area contributed by atoms with Gasteiger partial charge in [0.2, 0.25) is 0 Å². The van der Waals surface area contributed by atoms with Crippen LogP contribution in [0.25, 0.3) is 0 Å². The van der Waals surface area contributed by atoms with E-state index in [4.69, 9.17) is 9.47 Å². The smallest absolute Gasteiger partial charge is 0.161 e. The molecular formula is C12H19NO2S. The Hall–Kier alpha value is -0.870. The topological polar surface area (TPSA) is 30.5 Å². The molecule has 0 aliphatic carbocycles. The third-order valence-corrected chi connectivity index (χ3v) is 2.60. The number of rotatable bonds is 7. The molecule has 0 amide bonds. The van der Waals surface area contributed by atoms with Crippen molar-refractivity contribution in [1.29, 1.82) is 0 Å². The Kier molecular flexibility index (Phi) is 6.11. The summed E-state index contributed by atoms with van der Waals surface area (Å²) in [6.45, 7) is 1.83. The summed E-state index contributed by atoms with van der Waals surface area (Å²) in [7, 11) is 3.29. The molecule has 0 aromatic heterocycles. The first-order valence-corrected chi connectivity index (χ1v) is 5.97. The van der Waals surface area contributed by atoms with Crippen molar-refractivity contribution in [3.8, 4) is 11.5 Å². The highest BCUT2D eigenvalue weighted by molar-refractivity contribution is 7.80. The normalized spacial score (nSPS) is 10.2. The Morgan fingerprint density at radius 2 is 1.94 bits per heavy atom.